The van der Waals surface area contributed by atoms with Gasteiger partial charge in [0.15, 0.2) is 0 Å². The van der Waals surface area contributed by atoms with Gasteiger partial charge >= 0.3 is 0 Å². The summed E-state index contributed by atoms with van der Waals surface area (Å²) in [5.41, 5.74) is 7.14. The Kier molecular flexibility index (Phi) is 4.99. The summed E-state index contributed by atoms with van der Waals surface area (Å²) in [4.78, 5) is 6.48. The average Bonchev–Trinajstić information content (AvgIpc) is 2.51. The van der Waals surface area contributed by atoms with E-state index in [-0.39, 0.29) is 12.4 Å². The molecule has 2 heterocycles. The lowest BCUT2D eigenvalue weighted by Crippen LogP contribution is -2.26. The van der Waals surface area contributed by atoms with Crippen LogP contribution in [0.5, 0.6) is 0 Å². The lowest BCUT2D eigenvalue weighted by molar-refractivity contribution is 0.327. The molecule has 15 heavy (non-hydrogen) atoms. The van der Waals surface area contributed by atoms with Crippen molar-refractivity contribution in [1.82, 2.24) is 9.88 Å². The van der Waals surface area contributed by atoms with Gasteiger partial charge in [-0.25, -0.2) is 4.98 Å². The van der Waals surface area contributed by atoms with E-state index in [0.717, 1.165) is 30.7 Å². The molecule has 0 saturated carbocycles. The van der Waals surface area contributed by atoms with Crippen molar-refractivity contribution in [2.45, 2.75) is 19.0 Å². The monoisotopic (exact) mass is 291 g/mol. The van der Waals surface area contributed by atoms with E-state index < -0.39 is 0 Å². The topological polar surface area (TPSA) is 42.1 Å². The van der Waals surface area contributed by atoms with Crippen molar-refractivity contribution < 1.29 is 0 Å². The molecule has 0 radical (unpaired) electrons. The molecule has 1 aliphatic heterocycles. The van der Waals surface area contributed by atoms with E-state index >= 15 is 0 Å². The third-order valence-corrected chi connectivity index (χ3v) is 2.94. The van der Waals surface area contributed by atoms with Crippen molar-refractivity contribution in [3.8, 4) is 0 Å². The second-order valence-corrected chi connectivity index (χ2v) is 4.58. The molecule has 1 atom stereocenters. The number of hydrogen-bond donors (Lipinski definition) is 1. The average molecular weight is 293 g/mol. The molecule has 1 saturated heterocycles. The Morgan fingerprint density at radius 2 is 2.40 bits per heavy atom. The predicted octanol–water partition coefficient (Wildman–Crippen LogP) is 1.80. The molecule has 0 bridgehead atoms. The fourth-order valence-electron chi connectivity index (χ4n) is 1.81. The van der Waals surface area contributed by atoms with Crippen LogP contribution < -0.4 is 5.73 Å². The van der Waals surface area contributed by atoms with E-state index in [1.165, 1.54) is 5.56 Å². The summed E-state index contributed by atoms with van der Waals surface area (Å²) in [6, 6.07) is 4.47. The van der Waals surface area contributed by atoms with Crippen LogP contribution in [0.1, 0.15) is 12.0 Å². The second kappa shape index (κ2) is 5.80. The van der Waals surface area contributed by atoms with Gasteiger partial charge in [-0.1, -0.05) is 0 Å². The van der Waals surface area contributed by atoms with Crippen LogP contribution in [0.15, 0.2) is 22.9 Å². The molecule has 1 aromatic heterocycles. The van der Waals surface area contributed by atoms with Crippen LogP contribution in [0.4, 0.5) is 0 Å². The number of rotatable bonds is 2. The molecular formula is C10H15BrClN3. The maximum atomic E-state index is 5.85. The van der Waals surface area contributed by atoms with E-state index in [9.17, 15) is 0 Å². The van der Waals surface area contributed by atoms with E-state index in [1.54, 1.807) is 0 Å². The van der Waals surface area contributed by atoms with Gasteiger partial charge in [0.05, 0.1) is 0 Å². The number of likely N-dealkylation sites (tertiary alicyclic amines) is 1. The van der Waals surface area contributed by atoms with Crippen LogP contribution in [0.2, 0.25) is 0 Å². The largest absolute Gasteiger partial charge is 0.326 e. The Labute approximate surface area is 105 Å². The first-order valence-corrected chi connectivity index (χ1v) is 5.62. The first-order chi connectivity index (χ1) is 6.74. The van der Waals surface area contributed by atoms with Crippen LogP contribution in [0, 0.1) is 0 Å². The Bertz CT molecular complexity index is 321. The molecule has 0 spiro atoms. The minimum atomic E-state index is 0. The maximum Gasteiger partial charge on any atom is 0.106 e. The van der Waals surface area contributed by atoms with E-state index in [0.29, 0.717) is 6.04 Å². The van der Waals surface area contributed by atoms with Crippen LogP contribution >= 0.6 is 28.3 Å². The zero-order chi connectivity index (χ0) is 9.97. The predicted molar refractivity (Wildman–Crippen MR) is 67.1 cm³/mol. The highest BCUT2D eigenvalue weighted by Gasteiger charge is 2.18. The van der Waals surface area contributed by atoms with Crippen molar-refractivity contribution in [3.05, 3.63) is 28.5 Å². The molecule has 0 amide bonds. The first kappa shape index (κ1) is 12.9. The lowest BCUT2D eigenvalue weighted by Gasteiger charge is -2.14. The Balaban J connectivity index is 0.00000112. The molecule has 2 N–H and O–H groups in total. The highest BCUT2D eigenvalue weighted by Crippen LogP contribution is 2.14. The normalized spacial score (nSPS) is 21.3. The van der Waals surface area contributed by atoms with E-state index in [2.05, 4.69) is 37.9 Å². The van der Waals surface area contributed by atoms with Crippen molar-refractivity contribution in [2.24, 2.45) is 5.73 Å². The standard InChI is InChI=1S/C10H14BrN3.ClH/c11-10-5-8(1-3-13-10)6-14-4-2-9(12)7-14;/h1,3,5,9H,2,4,6-7,12H2;1H/t9-;/m1./s1. The summed E-state index contributed by atoms with van der Waals surface area (Å²) < 4.78 is 0.901. The highest BCUT2D eigenvalue weighted by atomic mass is 79.9. The van der Waals surface area contributed by atoms with Gasteiger partial charge in [0.1, 0.15) is 4.60 Å². The maximum absolute atomic E-state index is 5.85. The summed E-state index contributed by atoms with van der Waals surface area (Å²) in [6.07, 6.45) is 2.95. The third-order valence-electron chi connectivity index (χ3n) is 2.51. The van der Waals surface area contributed by atoms with Gasteiger partial charge in [0.25, 0.3) is 0 Å². The van der Waals surface area contributed by atoms with Gasteiger partial charge in [0.2, 0.25) is 0 Å². The number of pyridine rings is 1. The summed E-state index contributed by atoms with van der Waals surface area (Å²) in [6.45, 7) is 3.11. The van der Waals surface area contributed by atoms with Crippen LogP contribution in [0.3, 0.4) is 0 Å². The molecule has 0 aliphatic carbocycles. The fraction of sp³-hybridized carbons (Fsp3) is 0.500. The van der Waals surface area contributed by atoms with Gasteiger partial charge in [-0.15, -0.1) is 12.4 Å². The SMILES string of the molecule is Cl.N[C@@H]1CCN(Cc2ccnc(Br)c2)C1. The Morgan fingerprint density at radius 1 is 1.60 bits per heavy atom. The molecule has 1 aromatic rings. The number of aromatic nitrogens is 1. The molecular weight excluding hydrogens is 277 g/mol. The molecule has 0 unspecified atom stereocenters. The minimum Gasteiger partial charge on any atom is -0.326 e. The molecule has 3 nitrogen and oxygen atoms in total. The second-order valence-electron chi connectivity index (χ2n) is 3.77. The molecule has 0 aromatic carbocycles. The van der Waals surface area contributed by atoms with Gasteiger partial charge in [-0.2, -0.15) is 0 Å². The van der Waals surface area contributed by atoms with E-state index in [1.807, 2.05) is 6.20 Å². The van der Waals surface area contributed by atoms with Crippen LogP contribution in [-0.2, 0) is 6.54 Å². The molecule has 2 rings (SSSR count). The highest BCUT2D eigenvalue weighted by molar-refractivity contribution is 9.10. The lowest BCUT2D eigenvalue weighted by atomic mass is 10.2. The van der Waals surface area contributed by atoms with Crippen LogP contribution in [-0.4, -0.2) is 29.0 Å². The first-order valence-electron chi connectivity index (χ1n) is 4.82. The molecule has 1 fully saturated rings. The Morgan fingerprint density at radius 3 is 3.00 bits per heavy atom. The van der Waals surface area contributed by atoms with Gasteiger partial charge in [-0.05, 0) is 40.0 Å². The van der Waals surface area contributed by atoms with Gasteiger partial charge in [0, 0.05) is 31.9 Å². The Hall–Kier alpha value is -0.160. The molecule has 84 valence electrons. The fourth-order valence-corrected chi connectivity index (χ4v) is 2.22. The zero-order valence-corrected chi connectivity index (χ0v) is 10.8. The van der Waals surface area contributed by atoms with Crippen molar-refractivity contribution in [2.75, 3.05) is 13.1 Å². The van der Waals surface area contributed by atoms with Gasteiger partial charge < -0.3 is 5.73 Å². The smallest absolute Gasteiger partial charge is 0.106 e. The summed E-state index contributed by atoms with van der Waals surface area (Å²) >= 11 is 3.37. The third kappa shape index (κ3) is 3.72. The van der Waals surface area contributed by atoms with Gasteiger partial charge in [-0.3, -0.25) is 4.90 Å². The number of nitrogens with two attached hydrogens (primary N) is 1. The molecule has 1 aliphatic rings. The van der Waals surface area contributed by atoms with Crippen molar-refractivity contribution in [3.63, 3.8) is 0 Å². The number of nitrogens with zero attached hydrogens (tertiary/aromatic N) is 2. The van der Waals surface area contributed by atoms with E-state index in [4.69, 9.17) is 5.73 Å². The zero-order valence-electron chi connectivity index (χ0n) is 8.40. The number of halogens is 2. The van der Waals surface area contributed by atoms with Crippen LogP contribution in [0.25, 0.3) is 0 Å². The van der Waals surface area contributed by atoms with Crippen molar-refractivity contribution >= 4 is 28.3 Å². The minimum absolute atomic E-state index is 0. The summed E-state index contributed by atoms with van der Waals surface area (Å²) in [5.74, 6) is 0. The summed E-state index contributed by atoms with van der Waals surface area (Å²) in [5, 5.41) is 0. The molecule has 5 heteroatoms. The number of hydrogen-bond acceptors (Lipinski definition) is 3. The summed E-state index contributed by atoms with van der Waals surface area (Å²) in [7, 11) is 0. The van der Waals surface area contributed by atoms with Crippen molar-refractivity contribution in [1.29, 1.82) is 0 Å². The quantitative estimate of drug-likeness (QED) is 0.845.